The molecule has 114 valence electrons. The second-order valence-electron chi connectivity index (χ2n) is 4.89. The lowest BCUT2D eigenvalue weighted by atomic mass is 9.99. The number of nitrogens with zero attached hydrogens (tertiary/aromatic N) is 2. The molecule has 2 rings (SSSR count). The normalized spacial score (nSPS) is 12.2. The Labute approximate surface area is 124 Å². The number of aryl methyl sites for hydroxylation is 2. The SMILES string of the molecule is COc1ccc(C(CCc2cnn(C)c2)NN)c(OC)c1. The first-order chi connectivity index (χ1) is 10.2. The van der Waals surface area contributed by atoms with Crippen LogP contribution < -0.4 is 20.7 Å². The van der Waals surface area contributed by atoms with Crippen molar-refractivity contribution in [2.45, 2.75) is 18.9 Å². The number of hydrazine groups is 1. The smallest absolute Gasteiger partial charge is 0.127 e. The molecule has 1 aromatic heterocycles. The summed E-state index contributed by atoms with van der Waals surface area (Å²) in [5.74, 6) is 7.24. The molecular weight excluding hydrogens is 268 g/mol. The fourth-order valence-corrected chi connectivity index (χ4v) is 2.35. The van der Waals surface area contributed by atoms with E-state index in [1.54, 1.807) is 18.9 Å². The van der Waals surface area contributed by atoms with E-state index in [2.05, 4.69) is 10.5 Å². The Balaban J connectivity index is 2.12. The van der Waals surface area contributed by atoms with E-state index in [1.807, 2.05) is 37.6 Å². The second kappa shape index (κ2) is 7.10. The van der Waals surface area contributed by atoms with Crippen molar-refractivity contribution in [2.24, 2.45) is 12.9 Å². The van der Waals surface area contributed by atoms with Gasteiger partial charge in [-0.1, -0.05) is 6.07 Å². The second-order valence-corrected chi connectivity index (χ2v) is 4.89. The van der Waals surface area contributed by atoms with Crippen molar-refractivity contribution in [1.29, 1.82) is 0 Å². The van der Waals surface area contributed by atoms with Crippen molar-refractivity contribution in [2.75, 3.05) is 14.2 Å². The van der Waals surface area contributed by atoms with Gasteiger partial charge in [-0.25, -0.2) is 0 Å². The quantitative estimate of drug-likeness (QED) is 0.598. The maximum atomic E-state index is 5.71. The standard InChI is InChI=1S/C15H22N4O2/c1-19-10-11(9-17-19)4-7-14(18-16)13-6-5-12(20-2)8-15(13)21-3/h5-6,8-10,14,18H,4,7,16H2,1-3H3. The summed E-state index contributed by atoms with van der Waals surface area (Å²) in [6.45, 7) is 0. The highest BCUT2D eigenvalue weighted by molar-refractivity contribution is 5.42. The average molecular weight is 290 g/mol. The lowest BCUT2D eigenvalue weighted by Crippen LogP contribution is -2.28. The number of aromatic nitrogens is 2. The van der Waals surface area contributed by atoms with Crippen LogP contribution in [0.4, 0.5) is 0 Å². The number of benzene rings is 1. The molecule has 1 aromatic carbocycles. The first-order valence-corrected chi connectivity index (χ1v) is 6.83. The van der Waals surface area contributed by atoms with Gasteiger partial charge in [-0.3, -0.25) is 16.0 Å². The minimum Gasteiger partial charge on any atom is -0.497 e. The highest BCUT2D eigenvalue weighted by Crippen LogP contribution is 2.31. The minimum absolute atomic E-state index is 0.00561. The Morgan fingerprint density at radius 2 is 2.14 bits per heavy atom. The van der Waals surface area contributed by atoms with Crippen LogP contribution in [0, 0.1) is 0 Å². The third-order valence-electron chi connectivity index (χ3n) is 3.50. The summed E-state index contributed by atoms with van der Waals surface area (Å²) in [4.78, 5) is 0. The molecule has 2 aromatic rings. The van der Waals surface area contributed by atoms with E-state index < -0.39 is 0 Å². The molecule has 0 bridgehead atoms. The van der Waals surface area contributed by atoms with E-state index in [-0.39, 0.29) is 6.04 Å². The summed E-state index contributed by atoms with van der Waals surface area (Å²) in [5, 5.41) is 4.17. The molecule has 0 radical (unpaired) electrons. The molecule has 6 nitrogen and oxygen atoms in total. The number of methoxy groups -OCH3 is 2. The molecule has 21 heavy (non-hydrogen) atoms. The van der Waals surface area contributed by atoms with Gasteiger partial charge in [0.15, 0.2) is 0 Å². The van der Waals surface area contributed by atoms with Crippen LogP contribution in [-0.4, -0.2) is 24.0 Å². The minimum atomic E-state index is 0.00561. The monoisotopic (exact) mass is 290 g/mol. The van der Waals surface area contributed by atoms with Crippen LogP contribution in [0.25, 0.3) is 0 Å². The van der Waals surface area contributed by atoms with Crippen LogP contribution in [0.15, 0.2) is 30.6 Å². The molecule has 0 aliphatic rings. The van der Waals surface area contributed by atoms with Crippen LogP contribution in [0.3, 0.4) is 0 Å². The van der Waals surface area contributed by atoms with E-state index in [9.17, 15) is 0 Å². The lowest BCUT2D eigenvalue weighted by Gasteiger charge is -2.19. The van der Waals surface area contributed by atoms with E-state index >= 15 is 0 Å². The molecule has 0 amide bonds. The Morgan fingerprint density at radius 3 is 2.71 bits per heavy atom. The third-order valence-corrected chi connectivity index (χ3v) is 3.50. The molecule has 0 saturated heterocycles. The maximum Gasteiger partial charge on any atom is 0.127 e. The molecule has 1 heterocycles. The van der Waals surface area contributed by atoms with Gasteiger partial charge >= 0.3 is 0 Å². The first-order valence-electron chi connectivity index (χ1n) is 6.83. The fourth-order valence-electron chi connectivity index (χ4n) is 2.35. The molecule has 0 aliphatic carbocycles. The fraction of sp³-hybridized carbons (Fsp3) is 0.400. The summed E-state index contributed by atoms with van der Waals surface area (Å²) in [5.41, 5.74) is 5.06. The van der Waals surface area contributed by atoms with Gasteiger partial charge < -0.3 is 9.47 Å². The predicted octanol–water partition coefficient (Wildman–Crippen LogP) is 1.57. The molecule has 0 fully saturated rings. The Bertz CT molecular complexity index is 583. The van der Waals surface area contributed by atoms with Gasteiger partial charge in [0.25, 0.3) is 0 Å². The van der Waals surface area contributed by atoms with Crippen LogP contribution in [0.5, 0.6) is 11.5 Å². The van der Waals surface area contributed by atoms with Crippen molar-refractivity contribution in [3.8, 4) is 11.5 Å². The summed E-state index contributed by atoms with van der Waals surface area (Å²) < 4.78 is 12.4. The Morgan fingerprint density at radius 1 is 1.33 bits per heavy atom. The molecule has 3 N–H and O–H groups in total. The van der Waals surface area contributed by atoms with Crippen molar-refractivity contribution < 1.29 is 9.47 Å². The average Bonchev–Trinajstić information content (AvgIpc) is 2.93. The zero-order valence-electron chi connectivity index (χ0n) is 12.7. The number of nitrogens with two attached hydrogens (primary N) is 1. The van der Waals surface area contributed by atoms with E-state index in [4.69, 9.17) is 15.3 Å². The van der Waals surface area contributed by atoms with Gasteiger partial charge in [-0.2, -0.15) is 5.10 Å². The zero-order valence-corrected chi connectivity index (χ0v) is 12.7. The molecule has 0 spiro atoms. The van der Waals surface area contributed by atoms with Crippen molar-refractivity contribution in [3.05, 3.63) is 41.7 Å². The third kappa shape index (κ3) is 3.74. The molecule has 1 atom stereocenters. The summed E-state index contributed by atoms with van der Waals surface area (Å²) in [6.07, 6.45) is 5.63. The van der Waals surface area contributed by atoms with Gasteiger partial charge in [-0.05, 0) is 24.5 Å². The van der Waals surface area contributed by atoms with E-state index in [1.165, 1.54) is 5.56 Å². The molecule has 6 heteroatoms. The molecular formula is C15H22N4O2. The summed E-state index contributed by atoms with van der Waals surface area (Å²) in [7, 11) is 5.19. The van der Waals surface area contributed by atoms with Crippen LogP contribution in [0.2, 0.25) is 0 Å². The van der Waals surface area contributed by atoms with Crippen molar-refractivity contribution >= 4 is 0 Å². The van der Waals surface area contributed by atoms with Crippen LogP contribution in [0.1, 0.15) is 23.6 Å². The van der Waals surface area contributed by atoms with Gasteiger partial charge in [-0.15, -0.1) is 0 Å². The number of hydrogen-bond donors (Lipinski definition) is 2. The van der Waals surface area contributed by atoms with Crippen molar-refractivity contribution in [1.82, 2.24) is 15.2 Å². The summed E-state index contributed by atoms with van der Waals surface area (Å²) in [6, 6.07) is 5.76. The lowest BCUT2D eigenvalue weighted by molar-refractivity contribution is 0.382. The van der Waals surface area contributed by atoms with Crippen molar-refractivity contribution in [3.63, 3.8) is 0 Å². The highest BCUT2D eigenvalue weighted by Gasteiger charge is 2.16. The largest absolute Gasteiger partial charge is 0.497 e. The van der Waals surface area contributed by atoms with Gasteiger partial charge in [0.05, 0.1) is 20.4 Å². The van der Waals surface area contributed by atoms with Crippen LogP contribution in [-0.2, 0) is 13.5 Å². The number of ether oxygens (including phenoxy) is 2. The molecule has 0 aliphatic heterocycles. The Kier molecular flexibility index (Phi) is 5.19. The highest BCUT2D eigenvalue weighted by atomic mass is 16.5. The van der Waals surface area contributed by atoms with Gasteiger partial charge in [0.2, 0.25) is 0 Å². The molecule has 0 saturated carbocycles. The topological polar surface area (TPSA) is 74.3 Å². The van der Waals surface area contributed by atoms with E-state index in [0.29, 0.717) is 0 Å². The van der Waals surface area contributed by atoms with E-state index in [0.717, 1.165) is 29.9 Å². The number of rotatable bonds is 7. The molecule has 1 unspecified atom stereocenters. The van der Waals surface area contributed by atoms with Crippen LogP contribution >= 0.6 is 0 Å². The zero-order chi connectivity index (χ0) is 15.2. The van der Waals surface area contributed by atoms with Gasteiger partial charge in [0.1, 0.15) is 11.5 Å². The first kappa shape index (κ1) is 15.3. The maximum absolute atomic E-state index is 5.71. The Hall–Kier alpha value is -2.05. The van der Waals surface area contributed by atoms with Gasteiger partial charge in [0, 0.05) is 30.9 Å². The number of nitrogens with one attached hydrogen (secondary N) is 1. The summed E-state index contributed by atoms with van der Waals surface area (Å²) >= 11 is 0. The number of hydrogen-bond acceptors (Lipinski definition) is 5. The predicted molar refractivity (Wildman–Crippen MR) is 81.1 cm³/mol.